The van der Waals surface area contributed by atoms with E-state index in [9.17, 15) is 13.2 Å². The van der Waals surface area contributed by atoms with Gasteiger partial charge in [0.25, 0.3) is 0 Å². The van der Waals surface area contributed by atoms with Gasteiger partial charge in [-0.25, -0.2) is 9.98 Å². The smallest absolute Gasteiger partial charge is 0.422 e. The van der Waals surface area contributed by atoms with Crippen LogP contribution in [0.3, 0.4) is 0 Å². The lowest BCUT2D eigenvalue weighted by molar-refractivity contribution is -0.154. The highest BCUT2D eigenvalue weighted by molar-refractivity contribution is 5.79. The van der Waals surface area contributed by atoms with Gasteiger partial charge in [-0.05, 0) is 32.3 Å². The minimum atomic E-state index is -4.42. The number of ether oxygens (including phenoxy) is 3. The number of guanidine groups is 1. The van der Waals surface area contributed by atoms with Crippen molar-refractivity contribution in [2.24, 2.45) is 4.99 Å². The third-order valence-electron chi connectivity index (χ3n) is 4.06. The summed E-state index contributed by atoms with van der Waals surface area (Å²) in [5, 5.41) is 6.28. The van der Waals surface area contributed by atoms with E-state index in [-0.39, 0.29) is 18.5 Å². The molecule has 0 aromatic carbocycles. The Hall–Kier alpha value is -2.07. The lowest BCUT2D eigenvalue weighted by Crippen LogP contribution is -2.38. The predicted molar refractivity (Wildman–Crippen MR) is 103 cm³/mol. The standard InChI is InChI=1S/C19H29F3N4O3/c1-2-23-18(25-9-5-10-27-13-16-7-4-11-28-16)26-12-15-6-3-8-24-17(15)29-14-19(20,21)22/h3,6,8,16H,2,4-5,7,9-14H2,1H3,(H2,23,25,26). The molecule has 0 saturated carbocycles. The molecule has 7 nitrogen and oxygen atoms in total. The second-order valence-corrected chi connectivity index (χ2v) is 6.56. The Kier molecular flexibility index (Phi) is 9.99. The summed E-state index contributed by atoms with van der Waals surface area (Å²) in [6.07, 6.45) is 0.134. The number of aliphatic imine (C=N–C) groups is 1. The van der Waals surface area contributed by atoms with Crippen molar-refractivity contribution in [2.75, 3.05) is 39.5 Å². The Balaban J connectivity index is 1.76. The number of rotatable bonds is 11. The Morgan fingerprint density at radius 3 is 2.97 bits per heavy atom. The van der Waals surface area contributed by atoms with Crippen LogP contribution in [0.5, 0.6) is 5.88 Å². The van der Waals surface area contributed by atoms with E-state index in [2.05, 4.69) is 20.6 Å². The van der Waals surface area contributed by atoms with Crippen molar-refractivity contribution in [1.29, 1.82) is 0 Å². The highest BCUT2D eigenvalue weighted by Gasteiger charge is 2.29. The van der Waals surface area contributed by atoms with Crippen LogP contribution in [-0.2, 0) is 16.0 Å². The van der Waals surface area contributed by atoms with Gasteiger partial charge >= 0.3 is 6.18 Å². The van der Waals surface area contributed by atoms with Crippen LogP contribution < -0.4 is 15.4 Å². The minimum Gasteiger partial charge on any atom is -0.468 e. The van der Waals surface area contributed by atoms with Crippen LogP contribution >= 0.6 is 0 Å². The monoisotopic (exact) mass is 418 g/mol. The molecule has 2 N–H and O–H groups in total. The van der Waals surface area contributed by atoms with Crippen LogP contribution in [0.15, 0.2) is 23.3 Å². The Morgan fingerprint density at radius 2 is 2.24 bits per heavy atom. The lowest BCUT2D eigenvalue weighted by Gasteiger charge is -2.13. The zero-order chi connectivity index (χ0) is 21.0. The Morgan fingerprint density at radius 1 is 1.38 bits per heavy atom. The molecule has 1 fully saturated rings. The van der Waals surface area contributed by atoms with Crippen molar-refractivity contribution < 1.29 is 27.4 Å². The molecule has 1 atom stereocenters. The molecule has 164 valence electrons. The predicted octanol–water partition coefficient (Wildman–Crippen LogP) is 2.66. The van der Waals surface area contributed by atoms with Gasteiger partial charge in [0, 0.05) is 38.1 Å². The molecule has 1 aliphatic heterocycles. The van der Waals surface area contributed by atoms with Gasteiger partial charge < -0.3 is 24.8 Å². The molecule has 0 spiro atoms. The number of nitrogens with zero attached hydrogens (tertiary/aromatic N) is 2. The molecule has 10 heteroatoms. The Bertz CT molecular complexity index is 623. The molecular formula is C19H29F3N4O3. The molecule has 1 saturated heterocycles. The van der Waals surface area contributed by atoms with Crippen molar-refractivity contribution in [3.63, 3.8) is 0 Å². The van der Waals surface area contributed by atoms with Crippen LogP contribution in [0.2, 0.25) is 0 Å². The number of alkyl halides is 3. The van der Waals surface area contributed by atoms with Crippen molar-refractivity contribution in [3.05, 3.63) is 23.9 Å². The van der Waals surface area contributed by atoms with Gasteiger partial charge in [0.2, 0.25) is 5.88 Å². The SMILES string of the molecule is CCNC(=NCc1cccnc1OCC(F)(F)F)NCCCOCC1CCCO1. The van der Waals surface area contributed by atoms with Crippen LogP contribution in [0.25, 0.3) is 0 Å². The van der Waals surface area contributed by atoms with Gasteiger partial charge in [-0.1, -0.05) is 6.07 Å². The summed E-state index contributed by atoms with van der Waals surface area (Å²) >= 11 is 0. The average Bonchev–Trinajstić information content (AvgIpc) is 3.20. The van der Waals surface area contributed by atoms with Crippen molar-refractivity contribution in [2.45, 2.75) is 45.0 Å². The lowest BCUT2D eigenvalue weighted by atomic mass is 10.2. The average molecular weight is 418 g/mol. The third kappa shape index (κ3) is 9.80. The maximum Gasteiger partial charge on any atom is 0.422 e. The summed E-state index contributed by atoms with van der Waals surface area (Å²) in [7, 11) is 0. The number of hydrogen-bond acceptors (Lipinski definition) is 5. The van der Waals surface area contributed by atoms with E-state index >= 15 is 0 Å². The highest BCUT2D eigenvalue weighted by Crippen LogP contribution is 2.20. The van der Waals surface area contributed by atoms with Crippen molar-refractivity contribution >= 4 is 5.96 Å². The molecule has 1 unspecified atom stereocenters. The first kappa shape index (κ1) is 23.2. The fraction of sp³-hybridized carbons (Fsp3) is 0.684. The summed E-state index contributed by atoms with van der Waals surface area (Å²) < 4.78 is 53.1. The van der Waals surface area contributed by atoms with Gasteiger partial charge in [-0.15, -0.1) is 0 Å². The van der Waals surface area contributed by atoms with Gasteiger partial charge in [0.1, 0.15) is 0 Å². The number of nitrogens with one attached hydrogen (secondary N) is 2. The summed E-state index contributed by atoms with van der Waals surface area (Å²) in [6.45, 7) is 4.06. The number of hydrogen-bond donors (Lipinski definition) is 2. The molecule has 1 aromatic heterocycles. The topological polar surface area (TPSA) is 77.0 Å². The summed E-state index contributed by atoms with van der Waals surface area (Å²) in [6, 6.07) is 3.28. The first-order chi connectivity index (χ1) is 14.0. The minimum absolute atomic E-state index is 0.0630. The fourth-order valence-corrected chi connectivity index (χ4v) is 2.70. The zero-order valence-electron chi connectivity index (χ0n) is 16.6. The van der Waals surface area contributed by atoms with Gasteiger partial charge in [-0.3, -0.25) is 0 Å². The second-order valence-electron chi connectivity index (χ2n) is 6.56. The van der Waals surface area contributed by atoms with E-state index in [1.54, 1.807) is 12.1 Å². The van der Waals surface area contributed by atoms with Crippen LogP contribution in [0.4, 0.5) is 13.2 Å². The van der Waals surface area contributed by atoms with E-state index in [4.69, 9.17) is 14.2 Å². The first-order valence-corrected chi connectivity index (χ1v) is 9.83. The first-order valence-electron chi connectivity index (χ1n) is 9.83. The molecule has 0 aliphatic carbocycles. The van der Waals surface area contributed by atoms with E-state index in [0.717, 1.165) is 25.9 Å². The maximum absolute atomic E-state index is 12.4. The van der Waals surface area contributed by atoms with Crippen molar-refractivity contribution in [1.82, 2.24) is 15.6 Å². The van der Waals surface area contributed by atoms with E-state index in [0.29, 0.717) is 37.8 Å². The Labute approximate surface area is 169 Å². The van der Waals surface area contributed by atoms with Crippen LogP contribution in [0.1, 0.15) is 31.7 Å². The number of halogens is 3. The molecule has 2 heterocycles. The normalized spacial score (nSPS) is 17.4. The van der Waals surface area contributed by atoms with E-state index in [1.165, 1.54) is 6.20 Å². The molecular weight excluding hydrogens is 389 g/mol. The molecule has 1 aromatic rings. The van der Waals surface area contributed by atoms with Crippen molar-refractivity contribution in [3.8, 4) is 5.88 Å². The van der Waals surface area contributed by atoms with Gasteiger partial charge in [0.05, 0.1) is 19.3 Å². The fourth-order valence-electron chi connectivity index (χ4n) is 2.70. The molecule has 0 amide bonds. The maximum atomic E-state index is 12.4. The van der Waals surface area contributed by atoms with Crippen LogP contribution in [0, 0.1) is 0 Å². The molecule has 29 heavy (non-hydrogen) atoms. The summed E-state index contributed by atoms with van der Waals surface area (Å²) in [4.78, 5) is 8.28. The number of aromatic nitrogens is 1. The quantitative estimate of drug-likeness (QED) is 0.327. The van der Waals surface area contributed by atoms with E-state index in [1.807, 2.05) is 6.92 Å². The molecule has 2 rings (SSSR count). The molecule has 0 radical (unpaired) electrons. The zero-order valence-corrected chi connectivity index (χ0v) is 16.6. The summed E-state index contributed by atoms with van der Waals surface area (Å²) in [5.74, 6) is 0.504. The van der Waals surface area contributed by atoms with Crippen LogP contribution in [-0.4, -0.2) is 62.7 Å². The van der Waals surface area contributed by atoms with E-state index < -0.39 is 12.8 Å². The highest BCUT2D eigenvalue weighted by atomic mass is 19.4. The number of pyridine rings is 1. The molecule has 0 bridgehead atoms. The largest absolute Gasteiger partial charge is 0.468 e. The van der Waals surface area contributed by atoms with Gasteiger partial charge in [0.15, 0.2) is 12.6 Å². The molecule has 1 aliphatic rings. The second kappa shape index (κ2) is 12.5. The van der Waals surface area contributed by atoms with Gasteiger partial charge in [-0.2, -0.15) is 13.2 Å². The third-order valence-corrected chi connectivity index (χ3v) is 4.06. The summed E-state index contributed by atoms with van der Waals surface area (Å²) in [5.41, 5.74) is 0.480.